The molecule has 3 fully saturated rings. The Balaban J connectivity index is 2.13. The van der Waals surface area contributed by atoms with E-state index in [0.29, 0.717) is 12.2 Å². The second-order valence-electron chi connectivity index (χ2n) is 8.28. The average Bonchev–Trinajstić information content (AvgIpc) is 2.63. The van der Waals surface area contributed by atoms with Gasteiger partial charge in [0.15, 0.2) is 0 Å². The topological polar surface area (TPSA) is 60.4 Å². The number of Topliss-reactive ketones (excluding diaryl/α,β-unsaturated/α-hetero) is 1. The van der Waals surface area contributed by atoms with Crippen molar-refractivity contribution in [2.24, 2.45) is 28.1 Å². The molecule has 0 heterocycles. The Labute approximate surface area is 127 Å². The highest BCUT2D eigenvalue weighted by molar-refractivity contribution is 7.86. The standard InChI is InChI=1S/C16H26O4S/c1-10-12-11(20-21(5,18)19)9-16(13(10)17)14(2,3)7-6-8-15(12,16)4/h10-12H,6-9H2,1-5H3/t10?,11-,12-,15-,16-/m1/s1. The number of hydrogen-bond donors (Lipinski definition) is 0. The van der Waals surface area contributed by atoms with Crippen molar-refractivity contribution >= 4 is 15.9 Å². The predicted octanol–water partition coefficient (Wildman–Crippen LogP) is 2.77. The van der Waals surface area contributed by atoms with Crippen molar-refractivity contribution in [1.29, 1.82) is 0 Å². The van der Waals surface area contributed by atoms with Gasteiger partial charge >= 0.3 is 0 Å². The van der Waals surface area contributed by atoms with Crippen LogP contribution < -0.4 is 0 Å². The van der Waals surface area contributed by atoms with Gasteiger partial charge in [-0.05, 0) is 30.1 Å². The highest BCUT2D eigenvalue weighted by atomic mass is 32.2. The maximum absolute atomic E-state index is 13.0. The van der Waals surface area contributed by atoms with Crippen molar-refractivity contribution in [2.45, 2.75) is 59.5 Å². The van der Waals surface area contributed by atoms with Gasteiger partial charge in [-0.25, -0.2) is 0 Å². The second kappa shape index (κ2) is 4.10. The van der Waals surface area contributed by atoms with E-state index in [4.69, 9.17) is 4.18 Å². The number of rotatable bonds is 2. The minimum Gasteiger partial charge on any atom is -0.299 e. The molecule has 2 bridgehead atoms. The molecule has 3 aliphatic rings. The van der Waals surface area contributed by atoms with Gasteiger partial charge in [0.2, 0.25) is 0 Å². The fourth-order valence-electron chi connectivity index (χ4n) is 6.36. The first-order valence-electron chi connectivity index (χ1n) is 7.89. The molecule has 120 valence electrons. The van der Waals surface area contributed by atoms with E-state index in [1.54, 1.807) is 0 Å². The van der Waals surface area contributed by atoms with Crippen LogP contribution in [0.4, 0.5) is 0 Å². The van der Waals surface area contributed by atoms with Crippen molar-refractivity contribution in [1.82, 2.24) is 0 Å². The lowest BCUT2D eigenvalue weighted by molar-refractivity contribution is -0.148. The van der Waals surface area contributed by atoms with Gasteiger partial charge in [0.25, 0.3) is 10.1 Å². The maximum atomic E-state index is 13.0. The lowest BCUT2D eigenvalue weighted by Crippen LogP contribution is -2.52. The summed E-state index contributed by atoms with van der Waals surface area (Å²) in [4.78, 5) is 13.0. The van der Waals surface area contributed by atoms with Crippen molar-refractivity contribution in [3.8, 4) is 0 Å². The second-order valence-corrected chi connectivity index (χ2v) is 9.88. The van der Waals surface area contributed by atoms with Gasteiger partial charge in [-0.15, -0.1) is 0 Å². The van der Waals surface area contributed by atoms with E-state index in [0.717, 1.165) is 25.5 Å². The lowest BCUT2D eigenvalue weighted by Gasteiger charge is -2.54. The Morgan fingerprint density at radius 1 is 1.19 bits per heavy atom. The largest absolute Gasteiger partial charge is 0.299 e. The molecule has 1 unspecified atom stereocenters. The van der Waals surface area contributed by atoms with Gasteiger partial charge in [-0.1, -0.05) is 34.1 Å². The van der Waals surface area contributed by atoms with Crippen LogP contribution in [0, 0.1) is 28.1 Å². The Bertz CT molecular complexity index is 593. The number of carbonyl (C=O) groups is 1. The van der Waals surface area contributed by atoms with Crippen LogP contribution in [0.15, 0.2) is 0 Å². The summed E-state index contributed by atoms with van der Waals surface area (Å²) in [6, 6.07) is 0. The molecule has 0 radical (unpaired) electrons. The molecule has 3 aliphatic carbocycles. The van der Waals surface area contributed by atoms with Gasteiger partial charge in [0, 0.05) is 17.3 Å². The van der Waals surface area contributed by atoms with E-state index in [1.165, 1.54) is 0 Å². The smallest absolute Gasteiger partial charge is 0.264 e. The first kappa shape index (κ1) is 15.5. The molecule has 0 aromatic carbocycles. The van der Waals surface area contributed by atoms with Crippen LogP contribution in [-0.4, -0.2) is 26.6 Å². The van der Waals surface area contributed by atoms with Crippen LogP contribution in [-0.2, 0) is 19.1 Å². The summed E-state index contributed by atoms with van der Waals surface area (Å²) in [5, 5.41) is 0. The van der Waals surface area contributed by atoms with Crippen LogP contribution in [0.3, 0.4) is 0 Å². The summed E-state index contributed by atoms with van der Waals surface area (Å²) in [5.41, 5.74) is -0.631. The van der Waals surface area contributed by atoms with Crippen LogP contribution in [0.2, 0.25) is 0 Å². The third-order valence-corrected chi connectivity index (χ3v) is 7.54. The summed E-state index contributed by atoms with van der Waals surface area (Å²) in [5.74, 6) is 0.264. The fraction of sp³-hybridized carbons (Fsp3) is 0.938. The molecule has 0 aromatic rings. The molecule has 0 saturated heterocycles. The Morgan fingerprint density at radius 3 is 2.33 bits per heavy atom. The van der Waals surface area contributed by atoms with Gasteiger partial charge in [-0.2, -0.15) is 8.42 Å². The van der Waals surface area contributed by atoms with Crippen molar-refractivity contribution in [3.63, 3.8) is 0 Å². The Hall–Kier alpha value is -0.420. The highest BCUT2D eigenvalue weighted by Gasteiger charge is 2.78. The molecular formula is C16H26O4S. The van der Waals surface area contributed by atoms with E-state index < -0.39 is 15.5 Å². The lowest BCUT2D eigenvalue weighted by atomic mass is 9.48. The van der Waals surface area contributed by atoms with E-state index in [1.807, 2.05) is 6.92 Å². The molecule has 0 N–H and O–H groups in total. The zero-order chi connectivity index (χ0) is 15.8. The van der Waals surface area contributed by atoms with Gasteiger partial charge in [0.05, 0.1) is 12.4 Å². The molecule has 0 aliphatic heterocycles. The molecule has 5 heteroatoms. The van der Waals surface area contributed by atoms with Crippen molar-refractivity contribution < 1.29 is 17.4 Å². The van der Waals surface area contributed by atoms with Gasteiger partial charge in [0.1, 0.15) is 5.78 Å². The molecule has 4 nitrogen and oxygen atoms in total. The van der Waals surface area contributed by atoms with E-state index >= 15 is 0 Å². The normalized spacial score (nSPS) is 48.4. The summed E-state index contributed by atoms with van der Waals surface area (Å²) in [7, 11) is -3.49. The quantitative estimate of drug-likeness (QED) is 0.735. The molecule has 0 spiro atoms. The molecule has 0 aromatic heterocycles. The molecular weight excluding hydrogens is 288 g/mol. The summed E-state index contributed by atoms with van der Waals surface area (Å²) < 4.78 is 28.6. The summed E-state index contributed by atoms with van der Waals surface area (Å²) in [6.45, 7) is 8.53. The van der Waals surface area contributed by atoms with Crippen LogP contribution >= 0.6 is 0 Å². The van der Waals surface area contributed by atoms with Gasteiger partial charge < -0.3 is 0 Å². The Kier molecular flexibility index (Phi) is 3.02. The fourth-order valence-corrected chi connectivity index (χ4v) is 6.99. The zero-order valence-electron chi connectivity index (χ0n) is 13.6. The maximum Gasteiger partial charge on any atom is 0.264 e. The minimum absolute atomic E-state index is 0.0271. The third-order valence-electron chi connectivity index (χ3n) is 6.94. The predicted molar refractivity (Wildman–Crippen MR) is 80.2 cm³/mol. The first-order chi connectivity index (χ1) is 9.46. The van der Waals surface area contributed by atoms with E-state index in [9.17, 15) is 13.2 Å². The SMILES string of the molecule is CC1C(=O)[C@@]23C[C@@H](OS(C)(=O)=O)[C@@H]1[C@@]2(C)CCCC3(C)C. The van der Waals surface area contributed by atoms with E-state index in [-0.39, 0.29) is 28.8 Å². The van der Waals surface area contributed by atoms with Crippen LogP contribution in [0.5, 0.6) is 0 Å². The molecule has 0 amide bonds. The van der Waals surface area contributed by atoms with Crippen LogP contribution in [0.1, 0.15) is 53.4 Å². The Morgan fingerprint density at radius 2 is 1.81 bits per heavy atom. The number of hydrogen-bond acceptors (Lipinski definition) is 4. The van der Waals surface area contributed by atoms with Crippen molar-refractivity contribution in [2.75, 3.05) is 6.26 Å². The summed E-state index contributed by atoms with van der Waals surface area (Å²) >= 11 is 0. The van der Waals surface area contributed by atoms with E-state index in [2.05, 4.69) is 20.8 Å². The third kappa shape index (κ3) is 1.70. The number of ketones is 1. The molecule has 3 saturated carbocycles. The van der Waals surface area contributed by atoms with Crippen molar-refractivity contribution in [3.05, 3.63) is 0 Å². The monoisotopic (exact) mass is 314 g/mol. The molecule has 5 atom stereocenters. The highest BCUT2D eigenvalue weighted by Crippen LogP contribution is 2.76. The average molecular weight is 314 g/mol. The number of carbonyl (C=O) groups excluding carboxylic acids is 1. The van der Waals surface area contributed by atoms with Crippen LogP contribution in [0.25, 0.3) is 0 Å². The van der Waals surface area contributed by atoms with Gasteiger partial charge in [-0.3, -0.25) is 8.98 Å². The zero-order valence-corrected chi connectivity index (χ0v) is 14.4. The molecule has 3 rings (SSSR count). The first-order valence-corrected chi connectivity index (χ1v) is 9.70. The minimum atomic E-state index is -3.49. The summed E-state index contributed by atoms with van der Waals surface area (Å²) in [6.07, 6.45) is 4.47. The molecule has 21 heavy (non-hydrogen) atoms.